The highest BCUT2D eigenvalue weighted by Crippen LogP contribution is 2.29. The quantitative estimate of drug-likeness (QED) is 0.917. The van der Waals surface area contributed by atoms with Crippen LogP contribution in [0, 0.1) is 0 Å². The lowest BCUT2D eigenvalue weighted by molar-refractivity contribution is -0.137. The Morgan fingerprint density at radius 1 is 1.53 bits per heavy atom. The fourth-order valence-corrected chi connectivity index (χ4v) is 2.59. The highest BCUT2D eigenvalue weighted by molar-refractivity contribution is 9.11. The van der Waals surface area contributed by atoms with Crippen LogP contribution < -0.4 is 0 Å². The van der Waals surface area contributed by atoms with Crippen molar-refractivity contribution in [2.45, 2.75) is 19.3 Å². The summed E-state index contributed by atoms with van der Waals surface area (Å²) >= 11 is 4.88. The van der Waals surface area contributed by atoms with E-state index in [1.165, 1.54) is 11.3 Å². The van der Waals surface area contributed by atoms with Gasteiger partial charge in [-0.3, -0.25) is 4.79 Å². The Labute approximate surface area is 110 Å². The number of aryl methyl sites for hydroxylation is 1. The Morgan fingerprint density at radius 2 is 2.35 bits per heavy atom. The standard InChI is InChI=1S/C10H9BrN2O3S/c11-7-5-4-6(17-7)10-12-8(16-13-10)2-1-3-9(14)15/h4-5H,1-3H2,(H,14,15). The average molecular weight is 317 g/mol. The van der Waals surface area contributed by atoms with Gasteiger partial charge in [-0.2, -0.15) is 4.98 Å². The van der Waals surface area contributed by atoms with E-state index in [1.54, 1.807) is 0 Å². The van der Waals surface area contributed by atoms with Crippen molar-refractivity contribution in [1.82, 2.24) is 10.1 Å². The zero-order valence-electron chi connectivity index (χ0n) is 8.72. The molecule has 0 radical (unpaired) electrons. The van der Waals surface area contributed by atoms with Crippen molar-refractivity contribution < 1.29 is 14.4 Å². The van der Waals surface area contributed by atoms with Crippen LogP contribution in [-0.4, -0.2) is 21.2 Å². The van der Waals surface area contributed by atoms with Crippen LogP contribution in [0.15, 0.2) is 20.4 Å². The van der Waals surface area contributed by atoms with Crippen LogP contribution in [-0.2, 0) is 11.2 Å². The van der Waals surface area contributed by atoms with E-state index in [0.717, 1.165) is 8.66 Å². The number of aliphatic carboxylic acids is 1. The minimum atomic E-state index is -0.813. The maximum atomic E-state index is 10.3. The summed E-state index contributed by atoms with van der Waals surface area (Å²) in [5.41, 5.74) is 0. The summed E-state index contributed by atoms with van der Waals surface area (Å²) in [6, 6.07) is 3.82. The zero-order chi connectivity index (χ0) is 12.3. The molecule has 0 atom stereocenters. The van der Waals surface area contributed by atoms with E-state index in [-0.39, 0.29) is 6.42 Å². The van der Waals surface area contributed by atoms with E-state index in [0.29, 0.717) is 24.6 Å². The fraction of sp³-hybridized carbons (Fsp3) is 0.300. The summed E-state index contributed by atoms with van der Waals surface area (Å²) in [5, 5.41) is 12.4. The third-order valence-corrected chi connectivity index (χ3v) is 3.66. The van der Waals surface area contributed by atoms with Gasteiger partial charge >= 0.3 is 5.97 Å². The van der Waals surface area contributed by atoms with Crippen LogP contribution in [0.1, 0.15) is 18.7 Å². The van der Waals surface area contributed by atoms with E-state index in [1.807, 2.05) is 12.1 Å². The predicted molar refractivity (Wildman–Crippen MR) is 65.9 cm³/mol. The molecule has 0 fully saturated rings. The number of nitrogens with zero attached hydrogens (tertiary/aromatic N) is 2. The molecule has 2 heterocycles. The number of carboxylic acid groups (broad SMARTS) is 1. The first kappa shape index (κ1) is 12.3. The molecule has 2 rings (SSSR count). The Kier molecular flexibility index (Phi) is 3.90. The number of carbonyl (C=O) groups is 1. The van der Waals surface area contributed by atoms with Crippen LogP contribution in [0.25, 0.3) is 10.7 Å². The van der Waals surface area contributed by atoms with Crippen molar-refractivity contribution in [2.75, 3.05) is 0 Å². The monoisotopic (exact) mass is 316 g/mol. The molecule has 2 aromatic rings. The Hall–Kier alpha value is -1.21. The van der Waals surface area contributed by atoms with E-state index in [2.05, 4.69) is 26.1 Å². The molecular formula is C10H9BrN2O3S. The summed E-state index contributed by atoms with van der Waals surface area (Å²) < 4.78 is 6.05. The average Bonchev–Trinajstić information content (AvgIpc) is 2.86. The second kappa shape index (κ2) is 5.42. The van der Waals surface area contributed by atoms with Gasteiger partial charge in [0.25, 0.3) is 0 Å². The van der Waals surface area contributed by atoms with E-state index < -0.39 is 5.97 Å². The number of hydrogen-bond donors (Lipinski definition) is 1. The summed E-state index contributed by atoms with van der Waals surface area (Å²) in [4.78, 5) is 15.5. The number of rotatable bonds is 5. The van der Waals surface area contributed by atoms with Gasteiger partial charge in [-0.05, 0) is 34.5 Å². The molecule has 2 aromatic heterocycles. The molecule has 0 aliphatic rings. The minimum Gasteiger partial charge on any atom is -0.481 e. The first-order valence-corrected chi connectivity index (χ1v) is 6.56. The van der Waals surface area contributed by atoms with Gasteiger partial charge < -0.3 is 9.63 Å². The van der Waals surface area contributed by atoms with Crippen molar-refractivity contribution in [3.63, 3.8) is 0 Å². The lowest BCUT2D eigenvalue weighted by atomic mass is 10.2. The maximum absolute atomic E-state index is 10.3. The molecule has 0 bridgehead atoms. The SMILES string of the molecule is O=C(O)CCCc1nc(-c2ccc(Br)s2)no1. The van der Waals surface area contributed by atoms with Crippen molar-refractivity contribution in [3.8, 4) is 10.7 Å². The molecule has 0 spiro atoms. The zero-order valence-corrected chi connectivity index (χ0v) is 11.1. The molecule has 0 unspecified atom stereocenters. The third kappa shape index (κ3) is 3.37. The Bertz CT molecular complexity index is 523. The fourth-order valence-electron chi connectivity index (χ4n) is 1.28. The third-order valence-electron chi connectivity index (χ3n) is 2.04. The van der Waals surface area contributed by atoms with Crippen molar-refractivity contribution in [2.24, 2.45) is 0 Å². The highest BCUT2D eigenvalue weighted by Gasteiger charge is 2.10. The van der Waals surface area contributed by atoms with Gasteiger partial charge in [0, 0.05) is 12.8 Å². The van der Waals surface area contributed by atoms with Crippen molar-refractivity contribution in [3.05, 3.63) is 21.8 Å². The van der Waals surface area contributed by atoms with Crippen LogP contribution in [0.5, 0.6) is 0 Å². The molecular weight excluding hydrogens is 308 g/mol. The second-order valence-electron chi connectivity index (χ2n) is 3.36. The topological polar surface area (TPSA) is 76.2 Å². The van der Waals surface area contributed by atoms with Crippen molar-refractivity contribution in [1.29, 1.82) is 0 Å². The summed E-state index contributed by atoms with van der Waals surface area (Å²) in [5.74, 6) is 0.212. The molecule has 17 heavy (non-hydrogen) atoms. The first-order valence-electron chi connectivity index (χ1n) is 4.95. The molecule has 5 nitrogen and oxygen atoms in total. The number of halogens is 1. The number of aromatic nitrogens is 2. The van der Waals surface area contributed by atoms with Crippen LogP contribution >= 0.6 is 27.3 Å². The van der Waals surface area contributed by atoms with E-state index in [9.17, 15) is 4.79 Å². The summed E-state index contributed by atoms with van der Waals surface area (Å²) in [6.07, 6.45) is 1.11. The Balaban J connectivity index is 1.98. The number of hydrogen-bond acceptors (Lipinski definition) is 5. The number of carboxylic acids is 1. The molecule has 7 heteroatoms. The van der Waals surface area contributed by atoms with Crippen LogP contribution in [0.3, 0.4) is 0 Å². The van der Waals surface area contributed by atoms with Gasteiger partial charge in [0.1, 0.15) is 0 Å². The molecule has 0 aromatic carbocycles. The van der Waals surface area contributed by atoms with E-state index >= 15 is 0 Å². The van der Waals surface area contributed by atoms with Gasteiger partial charge in [-0.25, -0.2) is 0 Å². The molecule has 0 amide bonds. The molecule has 0 aliphatic heterocycles. The summed E-state index contributed by atoms with van der Waals surface area (Å²) in [6.45, 7) is 0. The van der Waals surface area contributed by atoms with Crippen molar-refractivity contribution >= 4 is 33.2 Å². The van der Waals surface area contributed by atoms with Gasteiger partial charge in [0.05, 0.1) is 8.66 Å². The summed E-state index contributed by atoms with van der Waals surface area (Å²) in [7, 11) is 0. The maximum Gasteiger partial charge on any atom is 0.303 e. The highest BCUT2D eigenvalue weighted by atomic mass is 79.9. The molecule has 0 saturated carbocycles. The van der Waals surface area contributed by atoms with Crippen LogP contribution in [0.2, 0.25) is 0 Å². The van der Waals surface area contributed by atoms with Gasteiger partial charge in [0.15, 0.2) is 0 Å². The largest absolute Gasteiger partial charge is 0.481 e. The van der Waals surface area contributed by atoms with E-state index in [4.69, 9.17) is 9.63 Å². The first-order chi connectivity index (χ1) is 8.15. The van der Waals surface area contributed by atoms with Gasteiger partial charge in [0.2, 0.25) is 11.7 Å². The lowest BCUT2D eigenvalue weighted by Crippen LogP contribution is -1.95. The van der Waals surface area contributed by atoms with Gasteiger partial charge in [-0.1, -0.05) is 5.16 Å². The smallest absolute Gasteiger partial charge is 0.303 e. The predicted octanol–water partition coefficient (Wildman–Crippen LogP) is 2.97. The van der Waals surface area contributed by atoms with Gasteiger partial charge in [-0.15, -0.1) is 11.3 Å². The molecule has 1 N–H and O–H groups in total. The molecule has 90 valence electrons. The lowest BCUT2D eigenvalue weighted by Gasteiger charge is -1.90. The normalized spacial score (nSPS) is 10.6. The Morgan fingerprint density at radius 3 is 3.00 bits per heavy atom. The number of thiophene rings is 1. The second-order valence-corrected chi connectivity index (χ2v) is 5.83. The minimum absolute atomic E-state index is 0.113. The molecule has 0 saturated heterocycles. The van der Waals surface area contributed by atoms with Crippen LogP contribution in [0.4, 0.5) is 0 Å². The molecule has 0 aliphatic carbocycles.